The third kappa shape index (κ3) is 4.65. The lowest BCUT2D eigenvalue weighted by Crippen LogP contribution is -2.33. The van der Waals surface area contributed by atoms with Crippen molar-refractivity contribution >= 4 is 34.1 Å². The van der Waals surface area contributed by atoms with Crippen molar-refractivity contribution in [2.45, 2.75) is 39.0 Å². The number of imidazole rings is 1. The highest BCUT2D eigenvalue weighted by Gasteiger charge is 2.33. The van der Waals surface area contributed by atoms with Gasteiger partial charge in [0.25, 0.3) is 5.56 Å². The van der Waals surface area contributed by atoms with Crippen LogP contribution in [-0.2, 0) is 23.1 Å². The van der Waals surface area contributed by atoms with E-state index >= 15 is 0 Å². The molecule has 4 aromatic heterocycles. The number of ether oxygens (including phenoxy) is 1. The number of hydrogen-bond acceptors (Lipinski definition) is 4. The standard InChI is InChI=1S/C28H27ClN4O4/c1-28(2,3)37-25(27(35)36)24-22(17-8-10-18(29)11-9-17)20-12-14-33(23(20)26(34)31(24)4)16-19-15-32-13-6-5-7-21(32)30-19/h5-15,25H,16H2,1-4H3,(H,35,36). The molecule has 0 spiro atoms. The largest absolute Gasteiger partial charge is 0.479 e. The van der Waals surface area contributed by atoms with E-state index in [0.717, 1.165) is 16.9 Å². The van der Waals surface area contributed by atoms with E-state index in [1.54, 1.807) is 40.0 Å². The Bertz CT molecular complexity index is 1660. The van der Waals surface area contributed by atoms with Gasteiger partial charge in [-0.25, -0.2) is 9.78 Å². The van der Waals surface area contributed by atoms with E-state index in [2.05, 4.69) is 4.98 Å². The summed E-state index contributed by atoms with van der Waals surface area (Å²) < 4.78 is 11.2. The molecule has 1 unspecified atom stereocenters. The molecule has 5 rings (SSSR count). The van der Waals surface area contributed by atoms with E-state index in [1.807, 2.05) is 64.0 Å². The maximum atomic E-state index is 13.8. The number of aliphatic carboxylic acids is 1. The normalized spacial score (nSPS) is 12.9. The number of hydrogen-bond donors (Lipinski definition) is 1. The number of nitrogens with zero attached hydrogens (tertiary/aromatic N) is 4. The molecule has 9 heteroatoms. The molecule has 1 atom stereocenters. The van der Waals surface area contributed by atoms with Crippen LogP contribution in [0.2, 0.25) is 5.02 Å². The molecule has 37 heavy (non-hydrogen) atoms. The Morgan fingerprint density at radius 3 is 2.49 bits per heavy atom. The van der Waals surface area contributed by atoms with Gasteiger partial charge in [-0.15, -0.1) is 0 Å². The summed E-state index contributed by atoms with van der Waals surface area (Å²) in [5.74, 6) is -1.18. The molecule has 0 bridgehead atoms. The zero-order valence-electron chi connectivity index (χ0n) is 21.0. The summed E-state index contributed by atoms with van der Waals surface area (Å²) in [5, 5.41) is 11.4. The monoisotopic (exact) mass is 518 g/mol. The van der Waals surface area contributed by atoms with Gasteiger partial charge in [-0.2, -0.15) is 0 Å². The zero-order valence-corrected chi connectivity index (χ0v) is 21.7. The van der Waals surface area contributed by atoms with Gasteiger partial charge >= 0.3 is 5.97 Å². The lowest BCUT2D eigenvalue weighted by Gasteiger charge is -2.28. The summed E-state index contributed by atoms with van der Waals surface area (Å²) in [7, 11) is 1.58. The van der Waals surface area contributed by atoms with Gasteiger partial charge in [-0.1, -0.05) is 29.8 Å². The third-order valence-electron chi connectivity index (χ3n) is 6.18. The Labute approximate surface area is 218 Å². The second-order valence-electron chi connectivity index (χ2n) is 9.98. The first-order valence-electron chi connectivity index (χ1n) is 11.8. The summed E-state index contributed by atoms with van der Waals surface area (Å²) in [6.07, 6.45) is 4.32. The number of benzene rings is 1. The van der Waals surface area contributed by atoms with E-state index in [4.69, 9.17) is 16.3 Å². The number of carboxylic acids is 1. The Balaban J connectivity index is 1.76. The number of halogens is 1. The van der Waals surface area contributed by atoms with E-state index in [-0.39, 0.29) is 11.3 Å². The molecule has 0 saturated carbocycles. The maximum Gasteiger partial charge on any atom is 0.339 e. The Morgan fingerprint density at radius 1 is 1.11 bits per heavy atom. The molecule has 0 amide bonds. The Kier molecular flexibility index (Phi) is 6.17. The van der Waals surface area contributed by atoms with Gasteiger partial charge in [0.15, 0.2) is 6.10 Å². The molecule has 5 aromatic rings. The summed E-state index contributed by atoms with van der Waals surface area (Å²) in [6.45, 7) is 5.73. The van der Waals surface area contributed by atoms with E-state index in [0.29, 0.717) is 28.0 Å². The van der Waals surface area contributed by atoms with Crippen molar-refractivity contribution in [2.75, 3.05) is 0 Å². The number of aromatic nitrogens is 4. The minimum atomic E-state index is -1.37. The van der Waals surface area contributed by atoms with Crippen LogP contribution in [0.3, 0.4) is 0 Å². The van der Waals surface area contributed by atoms with E-state index in [1.165, 1.54) is 4.57 Å². The third-order valence-corrected chi connectivity index (χ3v) is 6.43. The van der Waals surface area contributed by atoms with Crippen molar-refractivity contribution in [1.82, 2.24) is 18.5 Å². The van der Waals surface area contributed by atoms with Crippen molar-refractivity contribution < 1.29 is 14.6 Å². The lowest BCUT2D eigenvalue weighted by atomic mass is 9.96. The second kappa shape index (κ2) is 9.21. The first kappa shape index (κ1) is 24.8. The first-order chi connectivity index (χ1) is 17.5. The quantitative estimate of drug-likeness (QED) is 0.329. The molecule has 190 valence electrons. The van der Waals surface area contributed by atoms with Crippen LogP contribution in [0.25, 0.3) is 27.7 Å². The SMILES string of the molecule is Cn1c(C(OC(C)(C)C)C(=O)O)c(-c2ccc(Cl)cc2)c2ccn(Cc3cn4ccccc4n3)c2c1=O. The van der Waals surface area contributed by atoms with Crippen LogP contribution >= 0.6 is 11.6 Å². The fraction of sp³-hybridized carbons (Fsp3) is 0.250. The van der Waals surface area contributed by atoms with Gasteiger partial charge in [0, 0.05) is 41.6 Å². The van der Waals surface area contributed by atoms with Crippen molar-refractivity contribution in [1.29, 1.82) is 0 Å². The van der Waals surface area contributed by atoms with Crippen molar-refractivity contribution in [3.8, 4) is 11.1 Å². The molecule has 0 aliphatic heterocycles. The minimum Gasteiger partial charge on any atom is -0.479 e. The zero-order chi connectivity index (χ0) is 26.5. The minimum absolute atomic E-state index is 0.271. The number of carboxylic acid groups (broad SMARTS) is 1. The summed E-state index contributed by atoms with van der Waals surface area (Å²) in [6, 6.07) is 14.7. The molecule has 0 radical (unpaired) electrons. The van der Waals surface area contributed by atoms with Crippen LogP contribution in [0.5, 0.6) is 0 Å². The average Bonchev–Trinajstić information content (AvgIpc) is 3.44. The fourth-order valence-corrected chi connectivity index (χ4v) is 4.79. The molecule has 8 nitrogen and oxygen atoms in total. The highest BCUT2D eigenvalue weighted by Crippen LogP contribution is 2.37. The lowest BCUT2D eigenvalue weighted by molar-refractivity contribution is -0.161. The van der Waals surface area contributed by atoms with Gasteiger partial charge in [0.2, 0.25) is 0 Å². The predicted octanol–water partition coefficient (Wildman–Crippen LogP) is 5.30. The number of pyridine rings is 2. The average molecular weight is 519 g/mol. The van der Waals surface area contributed by atoms with Gasteiger partial charge < -0.3 is 23.4 Å². The number of rotatable bonds is 6. The molecule has 4 heterocycles. The van der Waals surface area contributed by atoms with Crippen LogP contribution in [0.4, 0.5) is 0 Å². The highest BCUT2D eigenvalue weighted by molar-refractivity contribution is 6.30. The topological polar surface area (TPSA) is 90.8 Å². The molecule has 1 N–H and O–H groups in total. The molecular formula is C28H27ClN4O4. The van der Waals surface area contributed by atoms with Gasteiger partial charge in [-0.05, 0) is 56.7 Å². The Morgan fingerprint density at radius 2 is 1.84 bits per heavy atom. The van der Waals surface area contributed by atoms with E-state index in [9.17, 15) is 14.7 Å². The summed E-state index contributed by atoms with van der Waals surface area (Å²) in [5.41, 5.74) is 2.59. The summed E-state index contributed by atoms with van der Waals surface area (Å²) in [4.78, 5) is 30.9. The predicted molar refractivity (Wildman–Crippen MR) is 143 cm³/mol. The molecule has 0 aliphatic rings. The maximum absolute atomic E-state index is 13.8. The van der Waals surface area contributed by atoms with Crippen LogP contribution in [0, 0.1) is 0 Å². The van der Waals surface area contributed by atoms with Crippen LogP contribution in [0.15, 0.2) is 71.9 Å². The van der Waals surface area contributed by atoms with Gasteiger partial charge in [0.05, 0.1) is 23.5 Å². The van der Waals surface area contributed by atoms with Crippen LogP contribution in [-0.4, -0.2) is 35.2 Å². The van der Waals surface area contributed by atoms with Gasteiger partial charge in [-0.3, -0.25) is 4.79 Å². The highest BCUT2D eigenvalue weighted by atomic mass is 35.5. The smallest absolute Gasteiger partial charge is 0.339 e. The molecule has 0 saturated heterocycles. The van der Waals surface area contributed by atoms with E-state index < -0.39 is 17.7 Å². The molecular weight excluding hydrogens is 492 g/mol. The molecule has 0 aliphatic carbocycles. The number of carbonyl (C=O) groups is 1. The Hall–Kier alpha value is -3.88. The summed E-state index contributed by atoms with van der Waals surface area (Å²) >= 11 is 6.15. The van der Waals surface area contributed by atoms with Crippen molar-refractivity contribution in [3.05, 3.63) is 93.9 Å². The second-order valence-corrected chi connectivity index (χ2v) is 10.4. The number of fused-ring (bicyclic) bond motifs is 2. The van der Waals surface area contributed by atoms with Crippen LogP contribution < -0.4 is 5.56 Å². The fourth-order valence-electron chi connectivity index (χ4n) is 4.66. The first-order valence-corrected chi connectivity index (χ1v) is 12.2. The molecule has 1 aromatic carbocycles. The van der Waals surface area contributed by atoms with Gasteiger partial charge in [0.1, 0.15) is 11.2 Å². The van der Waals surface area contributed by atoms with Crippen LogP contribution in [0.1, 0.15) is 38.3 Å². The molecule has 0 fully saturated rings. The van der Waals surface area contributed by atoms with Crippen molar-refractivity contribution in [3.63, 3.8) is 0 Å². The van der Waals surface area contributed by atoms with Crippen molar-refractivity contribution in [2.24, 2.45) is 7.05 Å².